The minimum Gasteiger partial charge on any atom is -0.326 e. The van der Waals surface area contributed by atoms with Crippen LogP contribution in [0.3, 0.4) is 0 Å². The first-order chi connectivity index (χ1) is 9.52. The van der Waals surface area contributed by atoms with Crippen LogP contribution < -0.4 is 5.73 Å². The van der Waals surface area contributed by atoms with Gasteiger partial charge >= 0.3 is 0 Å². The summed E-state index contributed by atoms with van der Waals surface area (Å²) >= 11 is 5.41. The third kappa shape index (κ3) is 3.83. The second-order valence-electron chi connectivity index (χ2n) is 5.98. The van der Waals surface area contributed by atoms with Gasteiger partial charge in [-0.25, -0.2) is 0 Å². The van der Waals surface area contributed by atoms with Crippen LogP contribution >= 0.6 is 27.3 Å². The lowest BCUT2D eigenvalue weighted by molar-refractivity contribution is 0.134. The molecule has 3 nitrogen and oxygen atoms in total. The molecule has 1 aliphatic heterocycles. The van der Waals surface area contributed by atoms with Gasteiger partial charge in [0.1, 0.15) is 0 Å². The van der Waals surface area contributed by atoms with E-state index in [1.807, 2.05) is 11.3 Å². The van der Waals surface area contributed by atoms with Crippen LogP contribution in [-0.2, 0) is 0 Å². The van der Waals surface area contributed by atoms with Crippen molar-refractivity contribution in [3.63, 3.8) is 0 Å². The molecule has 0 radical (unpaired) electrons. The highest BCUT2D eigenvalue weighted by Crippen LogP contribution is 2.36. The van der Waals surface area contributed by atoms with Crippen LogP contribution in [0.5, 0.6) is 0 Å². The topological polar surface area (TPSA) is 32.5 Å². The molecule has 0 spiro atoms. The number of rotatable bonds is 6. The third-order valence-electron chi connectivity index (χ3n) is 4.11. The highest BCUT2D eigenvalue weighted by atomic mass is 79.9. The van der Waals surface area contributed by atoms with Gasteiger partial charge < -0.3 is 10.6 Å². The predicted octanol–water partition coefficient (Wildman–Crippen LogP) is 3.32. The molecule has 2 N–H and O–H groups in total. The van der Waals surface area contributed by atoms with Crippen molar-refractivity contribution in [2.75, 3.05) is 27.2 Å². The summed E-state index contributed by atoms with van der Waals surface area (Å²) in [5, 5.41) is 2.17. The maximum Gasteiger partial charge on any atom is 0.0596 e. The minimum absolute atomic E-state index is 0.211. The van der Waals surface area contributed by atoms with Crippen LogP contribution in [-0.4, -0.2) is 49.1 Å². The van der Waals surface area contributed by atoms with E-state index in [4.69, 9.17) is 5.73 Å². The fraction of sp³-hybridized carbons (Fsp3) is 0.733. The standard InChI is InChI=1S/C15H26BrN3S/c1-4-13(17)15(14-8-11(16)10-20-14)19-7-5-6-12(19)9-18(2)3/h8,10,12-13,15H,4-7,9,17H2,1-3H3. The summed E-state index contributed by atoms with van der Waals surface area (Å²) in [4.78, 5) is 6.34. The number of halogens is 1. The van der Waals surface area contributed by atoms with Crippen molar-refractivity contribution in [3.8, 4) is 0 Å². The highest BCUT2D eigenvalue weighted by Gasteiger charge is 2.35. The Bertz CT molecular complexity index is 421. The Kier molecular flexibility index (Phi) is 6.05. The largest absolute Gasteiger partial charge is 0.326 e. The Morgan fingerprint density at radius 3 is 2.85 bits per heavy atom. The van der Waals surface area contributed by atoms with E-state index in [-0.39, 0.29) is 6.04 Å². The van der Waals surface area contributed by atoms with Crippen LogP contribution in [0, 0.1) is 0 Å². The van der Waals surface area contributed by atoms with E-state index >= 15 is 0 Å². The van der Waals surface area contributed by atoms with Gasteiger partial charge in [-0.05, 0) is 61.9 Å². The average molecular weight is 360 g/mol. The van der Waals surface area contributed by atoms with E-state index in [1.165, 1.54) is 28.7 Å². The van der Waals surface area contributed by atoms with Crippen molar-refractivity contribution in [2.45, 2.75) is 44.3 Å². The van der Waals surface area contributed by atoms with Gasteiger partial charge in [0.2, 0.25) is 0 Å². The maximum atomic E-state index is 6.47. The van der Waals surface area contributed by atoms with E-state index in [0.29, 0.717) is 12.1 Å². The van der Waals surface area contributed by atoms with Gasteiger partial charge in [-0.3, -0.25) is 4.90 Å². The first-order valence-electron chi connectivity index (χ1n) is 7.43. The Balaban J connectivity index is 2.21. The average Bonchev–Trinajstić information content (AvgIpc) is 2.99. The lowest BCUT2D eigenvalue weighted by Crippen LogP contribution is -2.46. The van der Waals surface area contributed by atoms with Gasteiger partial charge in [0.05, 0.1) is 6.04 Å². The zero-order chi connectivity index (χ0) is 14.7. The van der Waals surface area contributed by atoms with Crippen molar-refractivity contribution in [2.24, 2.45) is 5.73 Å². The number of hydrogen-bond donors (Lipinski definition) is 1. The normalized spacial score (nSPS) is 23.4. The van der Waals surface area contributed by atoms with Crippen molar-refractivity contribution < 1.29 is 0 Å². The molecule has 1 aromatic rings. The highest BCUT2D eigenvalue weighted by molar-refractivity contribution is 9.10. The van der Waals surface area contributed by atoms with Crippen molar-refractivity contribution in [3.05, 3.63) is 20.8 Å². The fourth-order valence-electron chi connectivity index (χ4n) is 3.17. The van der Waals surface area contributed by atoms with Gasteiger partial charge in [0.25, 0.3) is 0 Å². The Morgan fingerprint density at radius 2 is 2.30 bits per heavy atom. The second-order valence-corrected chi connectivity index (χ2v) is 7.84. The number of likely N-dealkylation sites (N-methyl/N-ethyl adjacent to an activating group) is 1. The van der Waals surface area contributed by atoms with Gasteiger partial charge in [0, 0.05) is 33.4 Å². The zero-order valence-electron chi connectivity index (χ0n) is 12.7. The van der Waals surface area contributed by atoms with Crippen LogP contribution in [0.1, 0.15) is 37.1 Å². The first-order valence-corrected chi connectivity index (χ1v) is 9.10. The SMILES string of the molecule is CCC(N)C(c1cc(Br)cs1)N1CCCC1CN(C)C. The molecular formula is C15H26BrN3S. The summed E-state index contributed by atoms with van der Waals surface area (Å²) in [7, 11) is 4.32. The molecule has 2 heterocycles. The molecule has 0 amide bonds. The van der Waals surface area contributed by atoms with E-state index in [9.17, 15) is 0 Å². The summed E-state index contributed by atoms with van der Waals surface area (Å²) in [6.45, 7) is 4.49. The van der Waals surface area contributed by atoms with Crippen molar-refractivity contribution >= 4 is 27.3 Å². The molecule has 3 atom stereocenters. The zero-order valence-corrected chi connectivity index (χ0v) is 15.1. The molecule has 0 aromatic carbocycles. The fourth-order valence-corrected chi connectivity index (χ4v) is 4.81. The Labute approximate surface area is 135 Å². The summed E-state index contributed by atoms with van der Waals surface area (Å²) in [5.74, 6) is 0. The molecular weight excluding hydrogens is 334 g/mol. The van der Waals surface area contributed by atoms with E-state index in [1.54, 1.807) is 0 Å². The number of thiophene rings is 1. The molecule has 0 bridgehead atoms. The summed E-state index contributed by atoms with van der Waals surface area (Å²) in [6, 6.07) is 3.45. The van der Waals surface area contributed by atoms with E-state index < -0.39 is 0 Å². The third-order valence-corrected chi connectivity index (χ3v) is 5.88. The van der Waals surface area contributed by atoms with E-state index in [0.717, 1.165) is 13.0 Å². The quantitative estimate of drug-likeness (QED) is 0.845. The van der Waals surface area contributed by atoms with Gasteiger partial charge in [-0.1, -0.05) is 6.92 Å². The maximum absolute atomic E-state index is 6.47. The first kappa shape index (κ1) is 16.4. The smallest absolute Gasteiger partial charge is 0.0596 e. The van der Waals surface area contributed by atoms with Gasteiger partial charge in [0.15, 0.2) is 0 Å². The lowest BCUT2D eigenvalue weighted by Gasteiger charge is -2.37. The molecule has 1 saturated heterocycles. The molecule has 20 heavy (non-hydrogen) atoms. The molecule has 1 aromatic heterocycles. The molecule has 0 aliphatic carbocycles. The predicted molar refractivity (Wildman–Crippen MR) is 91.3 cm³/mol. The van der Waals surface area contributed by atoms with Gasteiger partial charge in [-0.15, -0.1) is 11.3 Å². The lowest BCUT2D eigenvalue weighted by atomic mass is 10.0. The number of nitrogens with two attached hydrogens (primary N) is 1. The van der Waals surface area contributed by atoms with Crippen LogP contribution in [0.25, 0.3) is 0 Å². The summed E-state index contributed by atoms with van der Waals surface area (Å²) in [5.41, 5.74) is 6.47. The van der Waals surface area contributed by atoms with Crippen LogP contribution in [0.2, 0.25) is 0 Å². The summed E-state index contributed by atoms with van der Waals surface area (Å²) < 4.78 is 1.18. The molecule has 1 aliphatic rings. The molecule has 0 saturated carbocycles. The molecule has 5 heteroatoms. The van der Waals surface area contributed by atoms with Gasteiger partial charge in [-0.2, -0.15) is 0 Å². The Morgan fingerprint density at radius 1 is 1.55 bits per heavy atom. The number of likely N-dealkylation sites (tertiary alicyclic amines) is 1. The molecule has 3 unspecified atom stereocenters. The van der Waals surface area contributed by atoms with Crippen molar-refractivity contribution in [1.82, 2.24) is 9.80 Å². The Hall–Kier alpha value is 0.0600. The molecule has 1 fully saturated rings. The number of nitrogens with zero attached hydrogens (tertiary/aromatic N) is 2. The van der Waals surface area contributed by atoms with Crippen LogP contribution in [0.4, 0.5) is 0 Å². The van der Waals surface area contributed by atoms with Crippen molar-refractivity contribution in [1.29, 1.82) is 0 Å². The molecule has 2 rings (SSSR count). The minimum atomic E-state index is 0.211. The van der Waals surface area contributed by atoms with E-state index in [2.05, 4.69) is 58.2 Å². The number of hydrogen-bond acceptors (Lipinski definition) is 4. The second kappa shape index (κ2) is 7.36. The van der Waals surface area contributed by atoms with Crippen LogP contribution in [0.15, 0.2) is 15.9 Å². The summed E-state index contributed by atoms with van der Waals surface area (Å²) in [6.07, 6.45) is 3.60. The molecule has 114 valence electrons. The monoisotopic (exact) mass is 359 g/mol.